The summed E-state index contributed by atoms with van der Waals surface area (Å²) in [5, 5.41) is 11.5. The van der Waals surface area contributed by atoms with E-state index in [1.807, 2.05) is 36.4 Å². The molecular formula is C36H33N3O4. The average molecular weight is 572 g/mol. The SMILES string of the molecule is CCOC(=O)c1c(-c2ccc(C(C)(C)C)cc2)c2n(Cc3ccccc3)c3ccccc3n2c1-c1ccc([N+](=O)[O-])cc1. The number of nitrogens with zero attached hydrogens (tertiary/aromatic N) is 3. The molecule has 0 aliphatic rings. The van der Waals surface area contributed by atoms with Crippen LogP contribution < -0.4 is 0 Å². The monoisotopic (exact) mass is 571 g/mol. The Morgan fingerprint density at radius 3 is 2.02 bits per heavy atom. The normalized spacial score (nSPS) is 11.7. The number of rotatable bonds is 7. The quantitative estimate of drug-likeness (QED) is 0.109. The van der Waals surface area contributed by atoms with Crippen molar-refractivity contribution in [2.75, 3.05) is 6.61 Å². The molecule has 4 aromatic carbocycles. The second-order valence-electron chi connectivity index (χ2n) is 11.7. The Morgan fingerprint density at radius 2 is 1.42 bits per heavy atom. The van der Waals surface area contributed by atoms with Crippen molar-refractivity contribution in [3.63, 3.8) is 0 Å². The first-order chi connectivity index (χ1) is 20.7. The number of carbonyl (C=O) groups excluding carboxylic acids is 1. The van der Waals surface area contributed by atoms with Crippen LogP contribution in [0.25, 0.3) is 39.1 Å². The summed E-state index contributed by atoms with van der Waals surface area (Å²) in [6.07, 6.45) is 0. The van der Waals surface area contributed by atoms with Crippen molar-refractivity contribution in [3.05, 3.63) is 130 Å². The Balaban J connectivity index is 1.77. The van der Waals surface area contributed by atoms with Gasteiger partial charge in [0.05, 0.1) is 33.8 Å². The molecule has 0 unspecified atom stereocenters. The Morgan fingerprint density at radius 1 is 0.814 bits per heavy atom. The van der Waals surface area contributed by atoms with E-state index in [1.165, 1.54) is 17.7 Å². The lowest BCUT2D eigenvalue weighted by Gasteiger charge is -2.19. The van der Waals surface area contributed by atoms with Gasteiger partial charge in [0, 0.05) is 24.2 Å². The van der Waals surface area contributed by atoms with Crippen LogP contribution in [0.15, 0.2) is 103 Å². The first-order valence-corrected chi connectivity index (χ1v) is 14.4. The maximum Gasteiger partial charge on any atom is 0.341 e. The highest BCUT2D eigenvalue weighted by Gasteiger charge is 2.31. The molecule has 0 aliphatic carbocycles. The summed E-state index contributed by atoms with van der Waals surface area (Å²) in [5.74, 6) is -0.440. The van der Waals surface area contributed by atoms with Crippen molar-refractivity contribution in [1.29, 1.82) is 0 Å². The van der Waals surface area contributed by atoms with Crippen molar-refractivity contribution in [2.24, 2.45) is 0 Å². The Kier molecular flexibility index (Phi) is 7.10. The molecule has 2 heterocycles. The molecule has 0 amide bonds. The van der Waals surface area contributed by atoms with E-state index in [2.05, 4.69) is 72.2 Å². The number of esters is 1. The van der Waals surface area contributed by atoms with E-state index in [-0.39, 0.29) is 17.7 Å². The molecule has 0 saturated carbocycles. The second kappa shape index (κ2) is 10.9. The first kappa shape index (κ1) is 28.0. The molecule has 0 saturated heterocycles. The number of nitro benzene ring substituents is 1. The largest absolute Gasteiger partial charge is 0.462 e. The van der Waals surface area contributed by atoms with E-state index in [0.29, 0.717) is 23.4 Å². The molecule has 0 spiro atoms. The van der Waals surface area contributed by atoms with Crippen LogP contribution in [0.3, 0.4) is 0 Å². The van der Waals surface area contributed by atoms with Crippen LogP contribution >= 0.6 is 0 Å². The van der Waals surface area contributed by atoms with Gasteiger partial charge in [-0.05, 0) is 58.9 Å². The van der Waals surface area contributed by atoms with Crippen LogP contribution in [0.1, 0.15) is 49.2 Å². The van der Waals surface area contributed by atoms with Crippen molar-refractivity contribution in [2.45, 2.75) is 39.7 Å². The molecule has 7 nitrogen and oxygen atoms in total. The van der Waals surface area contributed by atoms with E-state index >= 15 is 0 Å². The van der Waals surface area contributed by atoms with Gasteiger partial charge in [0.1, 0.15) is 5.65 Å². The van der Waals surface area contributed by atoms with Crippen molar-refractivity contribution in [1.82, 2.24) is 8.97 Å². The standard InChI is InChI=1S/C36H33N3O4/c1-5-43-35(40)32-31(25-15-19-27(20-16-25)36(2,3)4)34-37(23-24-11-7-6-8-12-24)29-13-9-10-14-30(29)38(34)33(32)26-17-21-28(22-18-26)39(41)42/h6-22H,5,23H2,1-4H3. The van der Waals surface area contributed by atoms with E-state index in [1.54, 1.807) is 19.1 Å². The molecule has 216 valence electrons. The topological polar surface area (TPSA) is 78.8 Å². The van der Waals surface area contributed by atoms with E-state index < -0.39 is 10.9 Å². The molecule has 6 aromatic rings. The van der Waals surface area contributed by atoms with Crippen molar-refractivity contribution in [3.8, 4) is 22.4 Å². The Labute approximate surface area is 250 Å². The Bertz CT molecular complexity index is 1960. The molecule has 0 atom stereocenters. The van der Waals surface area contributed by atoms with Crippen LogP contribution in [-0.2, 0) is 16.7 Å². The zero-order valence-corrected chi connectivity index (χ0v) is 24.7. The van der Waals surface area contributed by atoms with Gasteiger partial charge >= 0.3 is 5.97 Å². The highest BCUT2D eigenvalue weighted by Crippen LogP contribution is 2.43. The third-order valence-corrected chi connectivity index (χ3v) is 7.87. The molecular weight excluding hydrogens is 538 g/mol. The number of para-hydroxylation sites is 2. The summed E-state index contributed by atoms with van der Waals surface area (Å²) in [6, 6.07) is 33.1. The van der Waals surface area contributed by atoms with Crippen molar-refractivity contribution >= 4 is 28.3 Å². The molecule has 0 bridgehead atoms. The minimum atomic E-state index is -0.440. The lowest BCUT2D eigenvalue weighted by molar-refractivity contribution is -0.384. The van der Waals surface area contributed by atoms with Gasteiger partial charge in [-0.15, -0.1) is 0 Å². The predicted molar refractivity (Wildman–Crippen MR) is 171 cm³/mol. The molecule has 0 N–H and O–H groups in total. The zero-order valence-electron chi connectivity index (χ0n) is 24.7. The van der Waals surface area contributed by atoms with Crippen LogP contribution in [0.4, 0.5) is 5.69 Å². The maximum absolute atomic E-state index is 14.0. The average Bonchev–Trinajstić information content (AvgIpc) is 3.51. The number of carbonyl (C=O) groups is 1. The zero-order chi connectivity index (χ0) is 30.3. The lowest BCUT2D eigenvalue weighted by Crippen LogP contribution is -2.11. The number of nitro groups is 1. The molecule has 43 heavy (non-hydrogen) atoms. The summed E-state index contributed by atoms with van der Waals surface area (Å²) < 4.78 is 10.0. The van der Waals surface area contributed by atoms with E-state index in [0.717, 1.165) is 33.4 Å². The van der Waals surface area contributed by atoms with Crippen LogP contribution in [0.2, 0.25) is 0 Å². The van der Waals surface area contributed by atoms with E-state index in [4.69, 9.17) is 4.74 Å². The molecule has 0 fully saturated rings. The summed E-state index contributed by atoms with van der Waals surface area (Å²) in [7, 11) is 0. The van der Waals surface area contributed by atoms with Gasteiger partial charge in [0.15, 0.2) is 0 Å². The number of fused-ring (bicyclic) bond motifs is 3. The highest BCUT2D eigenvalue weighted by atomic mass is 16.6. The minimum absolute atomic E-state index is 0.0151. The molecule has 6 rings (SSSR count). The predicted octanol–water partition coefficient (Wildman–Crippen LogP) is 8.66. The molecule has 2 aromatic heterocycles. The third kappa shape index (κ3) is 4.97. The summed E-state index contributed by atoms with van der Waals surface area (Å²) >= 11 is 0. The van der Waals surface area contributed by atoms with Gasteiger partial charge in [0.2, 0.25) is 0 Å². The molecule has 0 aliphatic heterocycles. The summed E-state index contributed by atoms with van der Waals surface area (Å²) in [5.41, 5.74) is 8.44. The number of benzene rings is 4. The van der Waals surface area contributed by atoms with E-state index in [9.17, 15) is 14.9 Å². The maximum atomic E-state index is 14.0. The second-order valence-corrected chi connectivity index (χ2v) is 11.7. The summed E-state index contributed by atoms with van der Waals surface area (Å²) in [4.78, 5) is 25.0. The number of ether oxygens (including phenoxy) is 1. The number of non-ortho nitro benzene ring substituents is 1. The first-order valence-electron chi connectivity index (χ1n) is 14.4. The summed E-state index contributed by atoms with van der Waals surface area (Å²) in [6.45, 7) is 9.11. The van der Waals surface area contributed by atoms with Gasteiger partial charge < -0.3 is 9.30 Å². The van der Waals surface area contributed by atoms with Crippen LogP contribution in [-0.4, -0.2) is 26.5 Å². The molecule has 7 heteroatoms. The smallest absolute Gasteiger partial charge is 0.341 e. The number of hydrogen-bond acceptors (Lipinski definition) is 4. The van der Waals surface area contributed by atoms with Crippen LogP contribution in [0, 0.1) is 10.1 Å². The number of hydrogen-bond donors (Lipinski definition) is 0. The van der Waals surface area contributed by atoms with Gasteiger partial charge in [-0.3, -0.25) is 14.5 Å². The van der Waals surface area contributed by atoms with Gasteiger partial charge in [-0.1, -0.05) is 87.5 Å². The fraction of sp³-hybridized carbons (Fsp3) is 0.194. The molecule has 0 radical (unpaired) electrons. The van der Waals surface area contributed by atoms with Gasteiger partial charge in [-0.25, -0.2) is 4.79 Å². The van der Waals surface area contributed by atoms with Crippen LogP contribution in [0.5, 0.6) is 0 Å². The van der Waals surface area contributed by atoms with Crippen molar-refractivity contribution < 1.29 is 14.5 Å². The highest BCUT2D eigenvalue weighted by molar-refractivity contribution is 6.10. The fourth-order valence-corrected chi connectivity index (χ4v) is 5.80. The minimum Gasteiger partial charge on any atom is -0.462 e. The Hall–Kier alpha value is -5.17. The van der Waals surface area contributed by atoms with Gasteiger partial charge in [-0.2, -0.15) is 0 Å². The fourth-order valence-electron chi connectivity index (χ4n) is 5.80. The lowest BCUT2D eigenvalue weighted by atomic mass is 9.86. The third-order valence-electron chi connectivity index (χ3n) is 7.87. The number of imidazole rings is 1. The number of aromatic nitrogens is 2. The van der Waals surface area contributed by atoms with Gasteiger partial charge in [0.25, 0.3) is 5.69 Å².